The van der Waals surface area contributed by atoms with Gasteiger partial charge in [0.25, 0.3) is 0 Å². The van der Waals surface area contributed by atoms with Crippen LogP contribution in [0.2, 0.25) is 0 Å². The molecule has 0 atom stereocenters. The number of nitrogens with zero attached hydrogens (tertiary/aromatic N) is 1. The summed E-state index contributed by atoms with van der Waals surface area (Å²) in [6.45, 7) is 2.74. The number of rotatable bonds is 0. The standard InChI is InChI=1S/C10H12BrNO/c1-12-4-5-13-10-3-2-9(11)6-8(10)7-12/h2-3,6H,4-5,7H2,1H3. The minimum atomic E-state index is 0.783. The molecule has 1 aliphatic heterocycles. The van der Waals surface area contributed by atoms with Gasteiger partial charge >= 0.3 is 0 Å². The van der Waals surface area contributed by atoms with Crippen molar-refractivity contribution < 1.29 is 4.74 Å². The zero-order chi connectivity index (χ0) is 9.26. The Morgan fingerprint density at radius 2 is 2.31 bits per heavy atom. The monoisotopic (exact) mass is 241 g/mol. The van der Waals surface area contributed by atoms with Gasteiger partial charge in [-0.05, 0) is 25.2 Å². The van der Waals surface area contributed by atoms with Crippen LogP contribution >= 0.6 is 15.9 Å². The van der Waals surface area contributed by atoms with Crippen molar-refractivity contribution in [3.63, 3.8) is 0 Å². The van der Waals surface area contributed by atoms with Gasteiger partial charge in [0.15, 0.2) is 0 Å². The zero-order valence-electron chi connectivity index (χ0n) is 7.59. The van der Waals surface area contributed by atoms with Crippen molar-refractivity contribution in [2.45, 2.75) is 6.54 Å². The predicted molar refractivity (Wildman–Crippen MR) is 56.0 cm³/mol. The van der Waals surface area contributed by atoms with E-state index in [1.165, 1.54) is 5.56 Å². The molecule has 0 fully saturated rings. The summed E-state index contributed by atoms with van der Waals surface area (Å²) in [5.41, 5.74) is 1.26. The van der Waals surface area contributed by atoms with Crippen LogP contribution in [-0.4, -0.2) is 25.1 Å². The van der Waals surface area contributed by atoms with Crippen LogP contribution in [0.1, 0.15) is 5.56 Å². The third-order valence-corrected chi connectivity index (χ3v) is 2.69. The third kappa shape index (κ3) is 2.03. The Bertz CT molecular complexity index is 314. The fourth-order valence-corrected chi connectivity index (χ4v) is 1.90. The molecule has 70 valence electrons. The first-order valence-electron chi connectivity index (χ1n) is 4.35. The van der Waals surface area contributed by atoms with Crippen LogP contribution in [0.25, 0.3) is 0 Å². The molecule has 3 heteroatoms. The van der Waals surface area contributed by atoms with Gasteiger partial charge in [-0.2, -0.15) is 0 Å². The van der Waals surface area contributed by atoms with Crippen LogP contribution in [0.5, 0.6) is 5.75 Å². The first kappa shape index (κ1) is 9.03. The van der Waals surface area contributed by atoms with Crippen molar-refractivity contribution in [2.24, 2.45) is 0 Å². The van der Waals surface area contributed by atoms with E-state index in [2.05, 4.69) is 33.9 Å². The van der Waals surface area contributed by atoms with E-state index in [1.54, 1.807) is 0 Å². The zero-order valence-corrected chi connectivity index (χ0v) is 9.17. The van der Waals surface area contributed by atoms with Gasteiger partial charge in [-0.25, -0.2) is 0 Å². The number of likely N-dealkylation sites (N-methyl/N-ethyl adjacent to an activating group) is 1. The lowest BCUT2D eigenvalue weighted by Gasteiger charge is -2.11. The molecule has 13 heavy (non-hydrogen) atoms. The van der Waals surface area contributed by atoms with E-state index in [0.717, 1.165) is 29.9 Å². The highest BCUT2D eigenvalue weighted by molar-refractivity contribution is 9.10. The molecule has 0 amide bonds. The van der Waals surface area contributed by atoms with Crippen LogP contribution < -0.4 is 4.74 Å². The highest BCUT2D eigenvalue weighted by Crippen LogP contribution is 2.25. The van der Waals surface area contributed by atoms with E-state index in [1.807, 2.05) is 12.1 Å². The number of halogens is 1. The number of hydrogen-bond donors (Lipinski definition) is 0. The summed E-state index contributed by atoms with van der Waals surface area (Å²) in [6.07, 6.45) is 0. The Morgan fingerprint density at radius 1 is 1.46 bits per heavy atom. The predicted octanol–water partition coefficient (Wildman–Crippen LogP) is 2.27. The fourth-order valence-electron chi connectivity index (χ4n) is 1.49. The molecule has 0 radical (unpaired) electrons. The summed E-state index contributed by atoms with van der Waals surface area (Å²) in [6, 6.07) is 6.17. The van der Waals surface area contributed by atoms with E-state index in [-0.39, 0.29) is 0 Å². The minimum absolute atomic E-state index is 0.783. The van der Waals surface area contributed by atoms with E-state index in [0.29, 0.717) is 0 Å². The highest BCUT2D eigenvalue weighted by Gasteiger charge is 2.11. The normalized spacial score (nSPS) is 17.4. The summed E-state index contributed by atoms with van der Waals surface area (Å²) < 4.78 is 6.73. The maximum atomic E-state index is 5.61. The molecule has 1 aliphatic rings. The van der Waals surface area contributed by atoms with Crippen molar-refractivity contribution >= 4 is 15.9 Å². The Balaban J connectivity index is 2.35. The molecule has 0 aromatic heterocycles. The largest absolute Gasteiger partial charge is 0.492 e. The molecule has 1 aromatic rings. The molecule has 0 aliphatic carbocycles. The number of fused-ring (bicyclic) bond motifs is 1. The van der Waals surface area contributed by atoms with Crippen LogP contribution in [0.3, 0.4) is 0 Å². The molecule has 0 spiro atoms. The molecule has 0 bridgehead atoms. The molecular weight excluding hydrogens is 230 g/mol. The molecule has 0 unspecified atom stereocenters. The van der Waals surface area contributed by atoms with E-state index >= 15 is 0 Å². The molecule has 1 aromatic carbocycles. The second-order valence-electron chi connectivity index (χ2n) is 3.34. The molecule has 0 saturated carbocycles. The molecule has 1 heterocycles. The highest BCUT2D eigenvalue weighted by atomic mass is 79.9. The Kier molecular flexibility index (Phi) is 2.56. The number of ether oxygens (including phenoxy) is 1. The average Bonchev–Trinajstić information content (AvgIpc) is 2.25. The maximum absolute atomic E-state index is 5.61. The summed E-state index contributed by atoms with van der Waals surface area (Å²) in [4.78, 5) is 2.26. The lowest BCUT2D eigenvalue weighted by molar-refractivity contribution is 0.259. The first-order valence-corrected chi connectivity index (χ1v) is 5.15. The van der Waals surface area contributed by atoms with E-state index in [9.17, 15) is 0 Å². The quantitative estimate of drug-likeness (QED) is 0.692. The molecule has 2 rings (SSSR count). The van der Waals surface area contributed by atoms with Gasteiger partial charge in [-0.1, -0.05) is 15.9 Å². The van der Waals surface area contributed by atoms with Crippen molar-refractivity contribution in [3.05, 3.63) is 28.2 Å². The smallest absolute Gasteiger partial charge is 0.123 e. The third-order valence-electron chi connectivity index (χ3n) is 2.19. The van der Waals surface area contributed by atoms with Gasteiger partial charge in [0.1, 0.15) is 12.4 Å². The lowest BCUT2D eigenvalue weighted by atomic mass is 10.2. The second kappa shape index (κ2) is 3.68. The van der Waals surface area contributed by atoms with Crippen molar-refractivity contribution in [1.29, 1.82) is 0 Å². The fraction of sp³-hybridized carbons (Fsp3) is 0.400. The molecule has 2 nitrogen and oxygen atoms in total. The first-order chi connectivity index (χ1) is 6.25. The topological polar surface area (TPSA) is 12.5 Å². The van der Waals surface area contributed by atoms with Crippen LogP contribution in [-0.2, 0) is 6.54 Å². The van der Waals surface area contributed by atoms with Gasteiger partial charge in [0.05, 0.1) is 0 Å². The summed E-state index contributed by atoms with van der Waals surface area (Å²) in [7, 11) is 2.11. The Hall–Kier alpha value is -0.540. The Labute approximate surface area is 86.6 Å². The van der Waals surface area contributed by atoms with Crippen LogP contribution in [0, 0.1) is 0 Å². The summed E-state index contributed by atoms with van der Waals surface area (Å²) in [5, 5.41) is 0. The van der Waals surface area contributed by atoms with E-state index in [4.69, 9.17) is 4.74 Å². The van der Waals surface area contributed by atoms with Gasteiger partial charge in [-0.3, -0.25) is 4.90 Å². The van der Waals surface area contributed by atoms with Gasteiger partial charge < -0.3 is 4.74 Å². The SMILES string of the molecule is CN1CCOc2ccc(Br)cc2C1. The van der Waals surface area contributed by atoms with Crippen LogP contribution in [0.15, 0.2) is 22.7 Å². The average molecular weight is 242 g/mol. The molecule has 0 saturated heterocycles. The summed E-state index contributed by atoms with van der Waals surface area (Å²) >= 11 is 3.46. The minimum Gasteiger partial charge on any atom is -0.492 e. The molecule has 0 N–H and O–H groups in total. The van der Waals surface area contributed by atoms with Gasteiger partial charge in [0.2, 0.25) is 0 Å². The number of benzene rings is 1. The van der Waals surface area contributed by atoms with Crippen molar-refractivity contribution in [1.82, 2.24) is 4.90 Å². The summed E-state index contributed by atoms with van der Waals surface area (Å²) in [5.74, 6) is 1.02. The van der Waals surface area contributed by atoms with Crippen LogP contribution in [0.4, 0.5) is 0 Å². The van der Waals surface area contributed by atoms with E-state index < -0.39 is 0 Å². The Morgan fingerprint density at radius 3 is 3.15 bits per heavy atom. The van der Waals surface area contributed by atoms with Crippen molar-refractivity contribution in [3.8, 4) is 5.75 Å². The second-order valence-corrected chi connectivity index (χ2v) is 4.25. The van der Waals surface area contributed by atoms with Gasteiger partial charge in [-0.15, -0.1) is 0 Å². The number of hydrogen-bond acceptors (Lipinski definition) is 2. The molecular formula is C10H12BrNO. The lowest BCUT2D eigenvalue weighted by Crippen LogP contribution is -2.20. The van der Waals surface area contributed by atoms with Gasteiger partial charge in [0, 0.05) is 23.1 Å². The van der Waals surface area contributed by atoms with Crippen molar-refractivity contribution in [2.75, 3.05) is 20.2 Å². The maximum Gasteiger partial charge on any atom is 0.123 e.